The summed E-state index contributed by atoms with van der Waals surface area (Å²) in [5, 5.41) is 3.11. The minimum absolute atomic E-state index is 0.349. The topological polar surface area (TPSA) is 66.4 Å². The summed E-state index contributed by atoms with van der Waals surface area (Å²) in [4.78, 5) is 17.6. The second kappa shape index (κ2) is 7.40. The fraction of sp³-hybridized carbons (Fsp3) is 0.786. The lowest BCUT2D eigenvalue weighted by Crippen LogP contribution is -2.39. The fourth-order valence-corrected chi connectivity index (χ4v) is 2.76. The molecule has 0 bridgehead atoms. The van der Waals surface area contributed by atoms with Crippen LogP contribution in [0.25, 0.3) is 0 Å². The van der Waals surface area contributed by atoms with Crippen LogP contribution in [-0.4, -0.2) is 66.2 Å². The first-order valence-corrected chi connectivity index (χ1v) is 7.67. The lowest BCUT2D eigenvalue weighted by atomic mass is 10.2. The van der Waals surface area contributed by atoms with Gasteiger partial charge in [-0.05, 0) is 32.9 Å². The number of nitrogens with zero attached hydrogens (tertiary/aromatic N) is 5. The van der Waals surface area contributed by atoms with Gasteiger partial charge in [-0.2, -0.15) is 15.0 Å². The first kappa shape index (κ1) is 15.8. The van der Waals surface area contributed by atoms with Crippen molar-refractivity contribution >= 4 is 11.9 Å². The Morgan fingerprint density at radius 2 is 2.14 bits per heavy atom. The van der Waals surface area contributed by atoms with E-state index in [4.69, 9.17) is 4.74 Å². The quantitative estimate of drug-likeness (QED) is 0.811. The molecule has 0 aromatic carbocycles. The molecular formula is C14H26N6O. The van der Waals surface area contributed by atoms with Gasteiger partial charge in [-0.1, -0.05) is 6.92 Å². The first-order valence-electron chi connectivity index (χ1n) is 7.67. The summed E-state index contributed by atoms with van der Waals surface area (Å²) >= 11 is 0. The van der Waals surface area contributed by atoms with E-state index in [1.54, 1.807) is 7.11 Å². The number of rotatable bonds is 7. The highest BCUT2D eigenvalue weighted by atomic mass is 16.5. The van der Waals surface area contributed by atoms with Gasteiger partial charge >= 0.3 is 6.01 Å². The van der Waals surface area contributed by atoms with E-state index < -0.39 is 0 Å². The number of hydrogen-bond acceptors (Lipinski definition) is 7. The molecule has 7 heteroatoms. The van der Waals surface area contributed by atoms with Gasteiger partial charge in [0.1, 0.15) is 0 Å². The number of methoxy groups -OCH3 is 1. The van der Waals surface area contributed by atoms with Crippen molar-refractivity contribution in [2.24, 2.45) is 0 Å². The largest absolute Gasteiger partial charge is 0.467 e. The Balaban J connectivity index is 2.10. The second-order valence-electron chi connectivity index (χ2n) is 5.28. The molecule has 0 saturated carbocycles. The van der Waals surface area contributed by atoms with E-state index in [1.165, 1.54) is 19.4 Å². The number of likely N-dealkylation sites (N-methyl/N-ethyl adjacent to an activating group) is 2. The highest BCUT2D eigenvalue weighted by molar-refractivity contribution is 5.37. The van der Waals surface area contributed by atoms with Crippen LogP contribution in [0.5, 0.6) is 6.01 Å². The van der Waals surface area contributed by atoms with Crippen LogP contribution in [0.4, 0.5) is 11.9 Å². The molecule has 1 saturated heterocycles. The number of likely N-dealkylation sites (tertiary alicyclic amines) is 1. The molecule has 1 N–H and O–H groups in total. The zero-order chi connectivity index (χ0) is 15.2. The van der Waals surface area contributed by atoms with Crippen molar-refractivity contribution in [2.75, 3.05) is 50.6 Å². The third-order valence-electron chi connectivity index (χ3n) is 3.85. The van der Waals surface area contributed by atoms with Crippen LogP contribution in [0.2, 0.25) is 0 Å². The molecule has 0 aliphatic carbocycles. The summed E-state index contributed by atoms with van der Waals surface area (Å²) in [5.74, 6) is 1.21. The maximum Gasteiger partial charge on any atom is 0.322 e. The molecule has 1 aliphatic rings. The number of nitrogens with one attached hydrogen (secondary N) is 1. The molecule has 1 unspecified atom stereocenters. The monoisotopic (exact) mass is 294 g/mol. The minimum atomic E-state index is 0.349. The summed E-state index contributed by atoms with van der Waals surface area (Å²) in [7, 11) is 3.60. The molecule has 1 atom stereocenters. The third kappa shape index (κ3) is 3.93. The standard InChI is InChI=1S/C14H26N6O/c1-5-15-12-16-13(18-14(17-12)21-4)19(3)10-11-8-7-9-20(11)6-2/h11H,5-10H2,1-4H3,(H,15,16,17,18). The van der Waals surface area contributed by atoms with Gasteiger partial charge in [0.05, 0.1) is 7.11 Å². The Hall–Kier alpha value is -1.63. The van der Waals surface area contributed by atoms with Crippen molar-refractivity contribution in [1.29, 1.82) is 0 Å². The zero-order valence-corrected chi connectivity index (χ0v) is 13.5. The van der Waals surface area contributed by atoms with Crippen molar-refractivity contribution in [3.8, 4) is 6.01 Å². The molecule has 1 aliphatic heterocycles. The van der Waals surface area contributed by atoms with Gasteiger partial charge in [-0.25, -0.2) is 0 Å². The molecule has 2 heterocycles. The van der Waals surface area contributed by atoms with Crippen molar-refractivity contribution < 1.29 is 4.74 Å². The van der Waals surface area contributed by atoms with Gasteiger partial charge in [-0.3, -0.25) is 4.90 Å². The summed E-state index contributed by atoms with van der Waals surface area (Å²) in [6.45, 7) is 8.21. The maximum absolute atomic E-state index is 5.16. The minimum Gasteiger partial charge on any atom is -0.467 e. The molecule has 1 fully saturated rings. The fourth-order valence-electron chi connectivity index (χ4n) is 2.76. The van der Waals surface area contributed by atoms with Crippen LogP contribution in [0.1, 0.15) is 26.7 Å². The van der Waals surface area contributed by atoms with Gasteiger partial charge in [0, 0.05) is 26.2 Å². The van der Waals surface area contributed by atoms with Gasteiger partial charge < -0.3 is 15.0 Å². The number of aromatic nitrogens is 3. The molecule has 1 aromatic heterocycles. The predicted molar refractivity (Wildman–Crippen MR) is 84.1 cm³/mol. The molecule has 7 nitrogen and oxygen atoms in total. The Labute approximate surface area is 126 Å². The molecule has 1 aromatic rings. The van der Waals surface area contributed by atoms with Crippen LogP contribution >= 0.6 is 0 Å². The predicted octanol–water partition coefficient (Wildman–Crippen LogP) is 1.23. The Morgan fingerprint density at radius 3 is 2.81 bits per heavy atom. The van der Waals surface area contributed by atoms with Crippen LogP contribution in [-0.2, 0) is 0 Å². The zero-order valence-electron chi connectivity index (χ0n) is 13.5. The molecule has 118 valence electrons. The highest BCUT2D eigenvalue weighted by Gasteiger charge is 2.25. The SMILES string of the molecule is CCNc1nc(OC)nc(N(C)CC2CCCN2CC)n1. The van der Waals surface area contributed by atoms with Crippen molar-refractivity contribution in [2.45, 2.75) is 32.7 Å². The first-order chi connectivity index (χ1) is 10.2. The molecule has 0 spiro atoms. The van der Waals surface area contributed by atoms with Crippen LogP contribution < -0.4 is 15.0 Å². The summed E-state index contributed by atoms with van der Waals surface area (Å²) in [6.07, 6.45) is 2.51. The lowest BCUT2D eigenvalue weighted by molar-refractivity contribution is 0.270. The van der Waals surface area contributed by atoms with Crippen molar-refractivity contribution in [3.05, 3.63) is 0 Å². The van der Waals surface area contributed by atoms with E-state index in [9.17, 15) is 0 Å². The molecule has 2 rings (SSSR count). The third-order valence-corrected chi connectivity index (χ3v) is 3.85. The lowest BCUT2D eigenvalue weighted by Gasteiger charge is -2.27. The Morgan fingerprint density at radius 1 is 1.33 bits per heavy atom. The molecule has 0 amide bonds. The van der Waals surface area contributed by atoms with Gasteiger partial charge in [0.15, 0.2) is 0 Å². The molecule has 0 radical (unpaired) electrons. The molecule has 21 heavy (non-hydrogen) atoms. The normalized spacial score (nSPS) is 18.8. The Bertz CT molecular complexity index is 455. The second-order valence-corrected chi connectivity index (χ2v) is 5.28. The van der Waals surface area contributed by atoms with Gasteiger partial charge in [0.25, 0.3) is 0 Å². The van der Waals surface area contributed by atoms with E-state index in [2.05, 4.69) is 37.0 Å². The average molecular weight is 294 g/mol. The smallest absolute Gasteiger partial charge is 0.322 e. The number of hydrogen-bond donors (Lipinski definition) is 1. The van der Waals surface area contributed by atoms with Crippen LogP contribution in [0.3, 0.4) is 0 Å². The number of anilines is 2. The van der Waals surface area contributed by atoms with Crippen molar-refractivity contribution in [3.63, 3.8) is 0 Å². The van der Waals surface area contributed by atoms with E-state index in [-0.39, 0.29) is 0 Å². The summed E-state index contributed by atoms with van der Waals surface area (Å²) in [5.41, 5.74) is 0. The van der Waals surface area contributed by atoms with Crippen molar-refractivity contribution in [1.82, 2.24) is 19.9 Å². The van der Waals surface area contributed by atoms with E-state index in [0.717, 1.165) is 19.6 Å². The average Bonchev–Trinajstić information content (AvgIpc) is 2.94. The van der Waals surface area contributed by atoms with E-state index >= 15 is 0 Å². The summed E-state index contributed by atoms with van der Waals surface area (Å²) in [6, 6.07) is 0.923. The Kier molecular flexibility index (Phi) is 5.55. The van der Waals surface area contributed by atoms with E-state index in [1.807, 2.05) is 14.0 Å². The highest BCUT2D eigenvalue weighted by Crippen LogP contribution is 2.20. The summed E-state index contributed by atoms with van der Waals surface area (Å²) < 4.78 is 5.16. The maximum atomic E-state index is 5.16. The number of ether oxygens (including phenoxy) is 1. The van der Waals surface area contributed by atoms with Crippen LogP contribution in [0.15, 0.2) is 0 Å². The van der Waals surface area contributed by atoms with Gasteiger partial charge in [0.2, 0.25) is 11.9 Å². The van der Waals surface area contributed by atoms with Crippen LogP contribution in [0, 0.1) is 0 Å². The molecular weight excluding hydrogens is 268 g/mol. The van der Waals surface area contributed by atoms with E-state index in [0.29, 0.717) is 23.9 Å². The van der Waals surface area contributed by atoms with Gasteiger partial charge in [-0.15, -0.1) is 0 Å².